The first-order valence-electron chi connectivity index (χ1n) is 19.4. The molecule has 0 aliphatic rings. The summed E-state index contributed by atoms with van der Waals surface area (Å²) in [6.07, 6.45) is 12.6. The van der Waals surface area contributed by atoms with Crippen molar-refractivity contribution in [1.29, 1.82) is 0 Å². The van der Waals surface area contributed by atoms with E-state index in [1.807, 2.05) is 32.7 Å². The third kappa shape index (κ3) is 34.4. The van der Waals surface area contributed by atoms with Crippen LogP contribution in [0.15, 0.2) is 47.7 Å². The van der Waals surface area contributed by atoms with Crippen molar-refractivity contribution in [1.82, 2.24) is 0 Å². The Morgan fingerprint density at radius 2 is 1.16 bits per heavy atom. The maximum absolute atomic E-state index is 12.6. The first-order chi connectivity index (χ1) is 23.4. The molecule has 3 nitrogen and oxygen atoms in total. The van der Waals surface area contributed by atoms with E-state index in [1.54, 1.807) is 12.1 Å². The Kier molecular flexibility index (Phi) is 38.6. The van der Waals surface area contributed by atoms with Crippen LogP contribution in [0.5, 0.6) is 0 Å². The molecule has 298 valence electrons. The molecule has 0 aliphatic heterocycles. The Hall–Kier alpha value is -2.09. The third-order valence-electron chi connectivity index (χ3n) is 7.97. The molecule has 0 saturated carbocycles. The average molecular weight is 723 g/mol. The summed E-state index contributed by atoms with van der Waals surface area (Å²) >= 11 is 0. The third-order valence-corrected chi connectivity index (χ3v) is 7.97. The summed E-state index contributed by atoms with van der Waals surface area (Å²) < 4.78 is 67.0. The Bertz CT molecular complexity index is 906. The number of ether oxygens (including phenoxy) is 1. The lowest BCUT2D eigenvalue weighted by molar-refractivity contribution is -0.239. The summed E-state index contributed by atoms with van der Waals surface area (Å²) in [6, 6.07) is 6.32. The van der Waals surface area contributed by atoms with Gasteiger partial charge in [-0.3, -0.25) is 4.90 Å². The highest BCUT2D eigenvalue weighted by Crippen LogP contribution is 2.29. The highest BCUT2D eigenvalue weighted by molar-refractivity contribution is 5.58. The molecular weight excluding hydrogens is 643 g/mol. The van der Waals surface area contributed by atoms with E-state index < -0.39 is 12.4 Å². The molecule has 1 rings (SSSR count). The Morgan fingerprint density at radius 3 is 1.54 bits per heavy atom. The average Bonchev–Trinajstić information content (AvgIpc) is 3.10. The summed E-state index contributed by atoms with van der Waals surface area (Å²) in [6.45, 7) is 25.3. The van der Waals surface area contributed by atoms with E-state index in [0.29, 0.717) is 4.90 Å². The quantitative estimate of drug-likeness (QED) is 0.0649. The number of alkyl halides is 5. The van der Waals surface area contributed by atoms with Crippen LogP contribution in [-0.4, -0.2) is 33.1 Å². The van der Waals surface area contributed by atoms with Gasteiger partial charge in [-0.25, -0.2) is 0 Å². The predicted molar refractivity (Wildman–Crippen MR) is 213 cm³/mol. The molecule has 0 bridgehead atoms. The zero-order chi connectivity index (χ0) is 39.6. The van der Waals surface area contributed by atoms with Crippen molar-refractivity contribution in [3.63, 3.8) is 0 Å². The molecule has 0 radical (unpaired) electrons. The van der Waals surface area contributed by atoms with Crippen LogP contribution in [0.4, 0.5) is 33.3 Å². The van der Waals surface area contributed by atoms with Crippen LogP contribution in [0.1, 0.15) is 173 Å². The molecule has 50 heavy (non-hydrogen) atoms. The molecule has 0 fully saturated rings. The number of benzene rings is 1. The normalized spacial score (nSPS) is 12.1. The predicted octanol–water partition coefficient (Wildman–Crippen LogP) is 15.8. The Morgan fingerprint density at radius 1 is 0.700 bits per heavy atom. The maximum Gasteiger partial charge on any atom is 0.484 e. The highest BCUT2D eigenvalue weighted by Gasteiger charge is 2.34. The van der Waals surface area contributed by atoms with E-state index in [1.165, 1.54) is 82.4 Å². The number of anilines is 2. The molecule has 0 aliphatic carbocycles. The van der Waals surface area contributed by atoms with Crippen molar-refractivity contribution in [3.8, 4) is 0 Å². The maximum atomic E-state index is 12.6. The van der Waals surface area contributed by atoms with Gasteiger partial charge in [-0.1, -0.05) is 152 Å². The molecule has 0 aromatic heterocycles. The zero-order valence-electron chi connectivity index (χ0n) is 34.8. The van der Waals surface area contributed by atoms with E-state index in [2.05, 4.69) is 72.3 Å². The van der Waals surface area contributed by atoms with Crippen molar-refractivity contribution in [2.45, 2.75) is 185 Å². The number of rotatable bonds is 18. The van der Waals surface area contributed by atoms with Gasteiger partial charge in [-0.2, -0.15) is 22.0 Å². The molecular formula is C42H79F5N2O. The number of halogens is 5. The van der Waals surface area contributed by atoms with Crippen LogP contribution < -0.4 is 9.80 Å². The lowest BCUT2D eigenvalue weighted by Crippen LogP contribution is -2.33. The van der Waals surface area contributed by atoms with Gasteiger partial charge >= 0.3 is 12.4 Å². The second kappa shape index (κ2) is 35.3. The highest BCUT2D eigenvalue weighted by atomic mass is 19.4. The van der Waals surface area contributed by atoms with Crippen molar-refractivity contribution in [3.05, 3.63) is 47.7 Å². The SMILES string of the molecule is CC/C=C(C)\C=C(\C)N(C)c1ccc(N(C)C(F)(F)F)cc1.CCCC.CCCC.CCCCCC(C)CC.CCCCCOC(F)(F)CC. The van der Waals surface area contributed by atoms with E-state index >= 15 is 0 Å². The first kappa shape index (κ1) is 54.7. The van der Waals surface area contributed by atoms with Crippen LogP contribution in [0.25, 0.3) is 0 Å². The summed E-state index contributed by atoms with van der Waals surface area (Å²) in [5, 5.41) is 0. The van der Waals surface area contributed by atoms with Crippen molar-refractivity contribution < 1.29 is 26.7 Å². The van der Waals surface area contributed by atoms with Gasteiger partial charge in [0, 0.05) is 37.6 Å². The molecule has 0 saturated heterocycles. The van der Waals surface area contributed by atoms with E-state index in [0.717, 1.165) is 50.0 Å². The van der Waals surface area contributed by atoms with Crippen LogP contribution in [0.2, 0.25) is 0 Å². The van der Waals surface area contributed by atoms with Crippen molar-refractivity contribution >= 4 is 11.4 Å². The Labute approximate surface area is 307 Å². The van der Waals surface area contributed by atoms with Crippen molar-refractivity contribution in [2.75, 3.05) is 30.5 Å². The fraction of sp³-hybridized carbons (Fsp3) is 0.762. The molecule has 1 atom stereocenters. The van der Waals surface area contributed by atoms with E-state index in [9.17, 15) is 22.0 Å². The van der Waals surface area contributed by atoms with Crippen LogP contribution >= 0.6 is 0 Å². The van der Waals surface area contributed by atoms with Crippen LogP contribution in [0.3, 0.4) is 0 Å². The van der Waals surface area contributed by atoms with E-state index in [4.69, 9.17) is 0 Å². The summed E-state index contributed by atoms with van der Waals surface area (Å²) in [7, 11) is 2.91. The van der Waals surface area contributed by atoms with Gasteiger partial charge < -0.3 is 9.64 Å². The largest absolute Gasteiger partial charge is 0.484 e. The van der Waals surface area contributed by atoms with Gasteiger partial charge in [0.2, 0.25) is 0 Å². The smallest absolute Gasteiger partial charge is 0.348 e. The second-order valence-corrected chi connectivity index (χ2v) is 12.8. The molecule has 1 aromatic rings. The Balaban J connectivity index is -0.000000315. The summed E-state index contributed by atoms with van der Waals surface area (Å²) in [4.78, 5) is 2.25. The fourth-order valence-electron chi connectivity index (χ4n) is 3.68. The van der Waals surface area contributed by atoms with Crippen LogP contribution in [-0.2, 0) is 4.74 Å². The lowest BCUT2D eigenvalue weighted by Gasteiger charge is -2.24. The molecule has 1 aromatic carbocycles. The minimum atomic E-state index is -4.37. The second-order valence-electron chi connectivity index (χ2n) is 12.8. The first-order valence-corrected chi connectivity index (χ1v) is 19.4. The number of hydrogen-bond donors (Lipinski definition) is 0. The number of unbranched alkanes of at least 4 members (excludes halogenated alkanes) is 6. The summed E-state index contributed by atoms with van der Waals surface area (Å²) in [5.74, 6) is 0.955. The molecule has 0 amide bonds. The number of nitrogens with zero attached hydrogens (tertiary/aromatic N) is 2. The zero-order valence-corrected chi connectivity index (χ0v) is 34.8. The molecule has 0 N–H and O–H groups in total. The van der Waals surface area contributed by atoms with Gasteiger partial charge in [0.25, 0.3) is 0 Å². The molecule has 8 heteroatoms. The number of hydrogen-bond acceptors (Lipinski definition) is 3. The minimum absolute atomic E-state index is 0.119. The minimum Gasteiger partial charge on any atom is -0.348 e. The van der Waals surface area contributed by atoms with Gasteiger partial charge in [0.05, 0.1) is 6.61 Å². The number of allylic oxidation sites excluding steroid dienone is 4. The molecule has 1 unspecified atom stereocenters. The summed E-state index contributed by atoms with van der Waals surface area (Å²) in [5.41, 5.74) is 3.16. The molecule has 0 spiro atoms. The van der Waals surface area contributed by atoms with E-state index in [-0.39, 0.29) is 18.7 Å². The van der Waals surface area contributed by atoms with Gasteiger partial charge in [-0.15, -0.1) is 0 Å². The molecule has 0 heterocycles. The standard InChI is InChI=1S/C17H23F3N2.C9H20.C8H16F2O.2C4H10/c1-6-7-13(2)12-14(3)21(4)15-8-10-16(11-9-15)22(5)17(18,19)20;1-4-6-7-8-9(3)5-2;1-3-5-6-7-11-8(9,10)4-2;2*1-3-4-2/h7-12H,6H2,1-5H3;9H,4-8H2,1-3H3;3-7H2,1-2H3;2*3-4H2,1-2H3/b13-7-,14-12-;;;;. The topological polar surface area (TPSA) is 15.7 Å². The monoisotopic (exact) mass is 723 g/mol. The lowest BCUT2D eigenvalue weighted by atomic mass is 10.0. The van der Waals surface area contributed by atoms with Crippen LogP contribution in [0, 0.1) is 5.92 Å². The van der Waals surface area contributed by atoms with Crippen molar-refractivity contribution in [2.24, 2.45) is 5.92 Å². The van der Waals surface area contributed by atoms with Gasteiger partial charge in [0.1, 0.15) is 0 Å². The fourth-order valence-corrected chi connectivity index (χ4v) is 3.68. The van der Waals surface area contributed by atoms with Gasteiger partial charge in [-0.05, 0) is 62.9 Å². The van der Waals surface area contributed by atoms with Gasteiger partial charge in [0.15, 0.2) is 0 Å².